The van der Waals surface area contributed by atoms with Crippen LogP contribution in [-0.2, 0) is 15.7 Å². The first-order valence-electron chi connectivity index (χ1n) is 5.48. The predicted octanol–water partition coefficient (Wildman–Crippen LogP) is 3.59. The van der Waals surface area contributed by atoms with Gasteiger partial charge in [-0.25, -0.2) is 0 Å². The summed E-state index contributed by atoms with van der Waals surface area (Å²) in [5, 5.41) is 0. The SMILES string of the molecule is CC(F)(F)C(=O)OI(OC(=O)C(C)(F)F)c1ccccc1. The monoisotopic (exact) mass is 422 g/mol. The summed E-state index contributed by atoms with van der Waals surface area (Å²) in [6.45, 7) is 0.593. The van der Waals surface area contributed by atoms with Gasteiger partial charge < -0.3 is 0 Å². The number of hydrogen-bond acceptors (Lipinski definition) is 4. The normalized spacial score (nSPS) is 12.6. The molecule has 1 rings (SSSR count). The van der Waals surface area contributed by atoms with Gasteiger partial charge in [0.1, 0.15) is 0 Å². The topological polar surface area (TPSA) is 52.6 Å². The van der Waals surface area contributed by atoms with Gasteiger partial charge in [0.05, 0.1) is 0 Å². The van der Waals surface area contributed by atoms with Gasteiger partial charge >= 0.3 is 125 Å². The zero-order chi connectivity index (χ0) is 16.3. The summed E-state index contributed by atoms with van der Waals surface area (Å²) in [5.41, 5.74) is 0. The van der Waals surface area contributed by atoms with Crippen LogP contribution >= 0.6 is 20.6 Å². The van der Waals surface area contributed by atoms with Gasteiger partial charge in [-0.2, -0.15) is 0 Å². The van der Waals surface area contributed by atoms with Crippen LogP contribution in [0.1, 0.15) is 13.8 Å². The molecule has 4 nitrogen and oxygen atoms in total. The van der Waals surface area contributed by atoms with Crippen LogP contribution in [0.2, 0.25) is 0 Å². The Morgan fingerprint density at radius 3 is 1.62 bits per heavy atom. The Kier molecular flexibility index (Phi) is 5.54. The Balaban J connectivity index is 2.97. The molecule has 0 atom stereocenters. The third-order valence-corrected chi connectivity index (χ3v) is 5.24. The van der Waals surface area contributed by atoms with Crippen molar-refractivity contribution >= 4 is 32.6 Å². The first-order chi connectivity index (χ1) is 9.51. The predicted molar refractivity (Wildman–Crippen MR) is 72.6 cm³/mol. The molecule has 0 spiro atoms. The van der Waals surface area contributed by atoms with Crippen LogP contribution in [0.3, 0.4) is 0 Å². The summed E-state index contributed by atoms with van der Waals surface area (Å²) in [5.74, 6) is -11.5. The first kappa shape index (κ1) is 17.7. The van der Waals surface area contributed by atoms with Gasteiger partial charge in [0, 0.05) is 0 Å². The number of hydrogen-bond donors (Lipinski definition) is 0. The number of halogens is 5. The van der Waals surface area contributed by atoms with Crippen LogP contribution in [0.4, 0.5) is 17.6 Å². The van der Waals surface area contributed by atoms with Crippen molar-refractivity contribution in [2.24, 2.45) is 0 Å². The number of carbonyl (C=O) groups is 2. The van der Waals surface area contributed by atoms with E-state index in [1.807, 2.05) is 0 Å². The maximum absolute atomic E-state index is 12.8. The average molecular weight is 422 g/mol. The third-order valence-electron chi connectivity index (χ3n) is 1.91. The van der Waals surface area contributed by atoms with Crippen molar-refractivity contribution in [2.75, 3.05) is 0 Å². The molecule has 1 aromatic carbocycles. The summed E-state index contributed by atoms with van der Waals surface area (Å²) < 4.78 is 60.3. The van der Waals surface area contributed by atoms with E-state index in [2.05, 4.69) is 6.13 Å². The molecule has 0 unspecified atom stereocenters. The Bertz CT molecular complexity index is 482. The molecule has 1 aromatic rings. The quantitative estimate of drug-likeness (QED) is 0.538. The number of carbonyl (C=O) groups excluding carboxylic acids is 2. The van der Waals surface area contributed by atoms with Crippen LogP contribution in [0.25, 0.3) is 0 Å². The van der Waals surface area contributed by atoms with Crippen molar-refractivity contribution in [3.8, 4) is 0 Å². The third kappa shape index (κ3) is 5.48. The maximum atomic E-state index is 12.8. The molecular formula is C12H11F4IO4. The summed E-state index contributed by atoms with van der Waals surface area (Å²) in [4.78, 5) is 22.3. The van der Waals surface area contributed by atoms with E-state index in [4.69, 9.17) is 0 Å². The Hall–Kier alpha value is -1.39. The van der Waals surface area contributed by atoms with E-state index >= 15 is 0 Å². The second kappa shape index (κ2) is 6.58. The van der Waals surface area contributed by atoms with E-state index in [9.17, 15) is 27.2 Å². The van der Waals surface area contributed by atoms with Crippen LogP contribution < -0.4 is 0 Å². The fourth-order valence-electron chi connectivity index (χ4n) is 0.885. The van der Waals surface area contributed by atoms with Gasteiger partial charge in [0.15, 0.2) is 0 Å². The molecule has 0 aromatic heterocycles. The van der Waals surface area contributed by atoms with Gasteiger partial charge in [0.2, 0.25) is 0 Å². The zero-order valence-corrected chi connectivity index (χ0v) is 13.1. The summed E-state index contributed by atoms with van der Waals surface area (Å²) in [6.07, 6.45) is 0. The van der Waals surface area contributed by atoms with Gasteiger partial charge in [-0.1, -0.05) is 0 Å². The van der Waals surface area contributed by atoms with E-state index in [-0.39, 0.29) is 3.57 Å². The molecule has 21 heavy (non-hydrogen) atoms. The Labute approximate surface area is 125 Å². The van der Waals surface area contributed by atoms with Crippen LogP contribution in [0, 0.1) is 3.57 Å². The van der Waals surface area contributed by atoms with Crippen LogP contribution in [0.15, 0.2) is 30.3 Å². The van der Waals surface area contributed by atoms with Gasteiger partial charge in [0.25, 0.3) is 0 Å². The molecule has 0 heterocycles. The molecule has 0 aliphatic carbocycles. The van der Waals surface area contributed by atoms with Crippen molar-refractivity contribution in [1.29, 1.82) is 0 Å². The van der Waals surface area contributed by atoms with Crippen LogP contribution in [-0.4, -0.2) is 23.8 Å². The fraction of sp³-hybridized carbons (Fsp3) is 0.333. The second-order valence-corrected chi connectivity index (χ2v) is 7.39. The van der Waals surface area contributed by atoms with Crippen molar-refractivity contribution in [1.82, 2.24) is 0 Å². The Morgan fingerprint density at radius 1 is 0.905 bits per heavy atom. The summed E-state index contributed by atoms with van der Waals surface area (Å²) in [6, 6.07) is 7.19. The molecule has 0 saturated carbocycles. The number of alkyl halides is 4. The fourth-order valence-corrected chi connectivity index (χ4v) is 3.99. The molecular weight excluding hydrogens is 411 g/mol. The Morgan fingerprint density at radius 2 is 1.29 bits per heavy atom. The van der Waals surface area contributed by atoms with Crippen molar-refractivity contribution in [3.63, 3.8) is 0 Å². The standard InChI is InChI=1S/C12H11F4IO4/c1-11(13,14)9(18)20-17(8-6-4-3-5-7-8)21-10(19)12(2,15)16/h3-7H,1-2H3. The summed E-state index contributed by atoms with van der Waals surface area (Å²) in [7, 11) is 0. The van der Waals surface area contributed by atoms with E-state index in [1.54, 1.807) is 6.07 Å². The van der Waals surface area contributed by atoms with Crippen molar-refractivity contribution in [3.05, 3.63) is 33.9 Å². The molecule has 0 bridgehead atoms. The van der Waals surface area contributed by atoms with Crippen molar-refractivity contribution in [2.45, 2.75) is 25.7 Å². The molecule has 0 aliphatic heterocycles. The molecule has 0 N–H and O–H groups in total. The molecule has 0 fully saturated rings. The molecule has 118 valence electrons. The summed E-state index contributed by atoms with van der Waals surface area (Å²) >= 11 is -3.77. The minimum absolute atomic E-state index is 0.122. The average Bonchev–Trinajstić information content (AvgIpc) is 2.36. The molecule has 0 amide bonds. The van der Waals surface area contributed by atoms with E-state index in [0.717, 1.165) is 0 Å². The zero-order valence-electron chi connectivity index (χ0n) is 10.9. The molecule has 0 aliphatic rings. The van der Waals surface area contributed by atoms with E-state index < -0.39 is 44.4 Å². The second-order valence-electron chi connectivity index (χ2n) is 4.02. The first-order valence-corrected chi connectivity index (χ1v) is 8.32. The molecule has 9 heteroatoms. The van der Waals surface area contributed by atoms with E-state index in [0.29, 0.717) is 13.8 Å². The van der Waals surface area contributed by atoms with E-state index in [1.165, 1.54) is 24.3 Å². The minimum atomic E-state index is -3.81. The van der Waals surface area contributed by atoms with Gasteiger partial charge in [-0.3, -0.25) is 0 Å². The molecule has 0 radical (unpaired) electrons. The van der Waals surface area contributed by atoms with Gasteiger partial charge in [-0.05, 0) is 0 Å². The molecule has 0 saturated heterocycles. The number of benzene rings is 1. The number of rotatable bonds is 5. The van der Waals surface area contributed by atoms with Crippen molar-refractivity contribution < 1.29 is 33.3 Å². The van der Waals surface area contributed by atoms with Crippen LogP contribution in [0.5, 0.6) is 0 Å². The van der Waals surface area contributed by atoms with Gasteiger partial charge in [-0.15, -0.1) is 0 Å².